The summed E-state index contributed by atoms with van der Waals surface area (Å²) in [5.74, 6) is -0.510. The lowest BCUT2D eigenvalue weighted by Crippen LogP contribution is -2.14. The van der Waals surface area contributed by atoms with Crippen molar-refractivity contribution in [2.75, 3.05) is 5.32 Å². The van der Waals surface area contributed by atoms with Crippen molar-refractivity contribution < 1.29 is 9.59 Å². The molecule has 0 aliphatic heterocycles. The van der Waals surface area contributed by atoms with Gasteiger partial charge in [0, 0.05) is 5.56 Å². The molecule has 0 bridgehead atoms. The lowest BCUT2D eigenvalue weighted by atomic mass is 10.1. The molecule has 0 radical (unpaired) electrons. The Morgan fingerprint density at radius 1 is 1.07 bits per heavy atom. The van der Waals surface area contributed by atoms with E-state index in [1.54, 1.807) is 6.92 Å². The number of nitrogens with zero attached hydrogens (tertiary/aromatic N) is 2. The molecule has 0 aliphatic carbocycles. The van der Waals surface area contributed by atoms with Gasteiger partial charge in [-0.25, -0.2) is 4.98 Å². The summed E-state index contributed by atoms with van der Waals surface area (Å²) in [7, 11) is 0. The van der Waals surface area contributed by atoms with Crippen molar-refractivity contribution in [1.82, 2.24) is 4.98 Å². The summed E-state index contributed by atoms with van der Waals surface area (Å²) in [5, 5.41) is 3.12. The highest BCUT2D eigenvalue weighted by molar-refractivity contribution is 7.18. The minimum Gasteiger partial charge on any atom is -0.387 e. The van der Waals surface area contributed by atoms with Crippen molar-refractivity contribution in [2.24, 2.45) is 10.7 Å². The molecule has 6 nitrogen and oxygen atoms in total. The van der Waals surface area contributed by atoms with Crippen LogP contribution in [0.3, 0.4) is 0 Å². The molecular weight excluding hydrogens is 360 g/mol. The van der Waals surface area contributed by atoms with Crippen LogP contribution in [0.4, 0.5) is 5.13 Å². The fourth-order valence-electron chi connectivity index (χ4n) is 2.47. The molecule has 2 aromatic carbocycles. The predicted molar refractivity (Wildman–Crippen MR) is 108 cm³/mol. The highest BCUT2D eigenvalue weighted by Gasteiger charge is 2.20. The maximum Gasteiger partial charge on any atom is 0.291 e. The van der Waals surface area contributed by atoms with Gasteiger partial charge in [-0.1, -0.05) is 72.0 Å². The van der Waals surface area contributed by atoms with Gasteiger partial charge >= 0.3 is 0 Å². The molecule has 136 valence electrons. The zero-order valence-electron chi connectivity index (χ0n) is 14.7. The van der Waals surface area contributed by atoms with Gasteiger partial charge in [-0.05, 0) is 12.5 Å². The quantitative estimate of drug-likeness (QED) is 0.524. The summed E-state index contributed by atoms with van der Waals surface area (Å²) >= 11 is 1.09. The van der Waals surface area contributed by atoms with Crippen molar-refractivity contribution in [3.05, 3.63) is 71.1 Å². The van der Waals surface area contributed by atoms with E-state index in [1.165, 1.54) is 0 Å². The van der Waals surface area contributed by atoms with Gasteiger partial charge in [-0.15, -0.1) is 0 Å². The van der Waals surface area contributed by atoms with Gasteiger partial charge in [-0.2, -0.15) is 4.99 Å². The number of thiazole rings is 1. The Hall–Kier alpha value is -3.32. The second-order valence-electron chi connectivity index (χ2n) is 5.83. The number of aromatic nitrogens is 1. The topological polar surface area (TPSA) is 97.4 Å². The fourth-order valence-corrected chi connectivity index (χ4v) is 3.35. The van der Waals surface area contributed by atoms with E-state index in [2.05, 4.69) is 15.3 Å². The minimum atomic E-state index is -0.477. The number of amides is 2. The molecule has 1 aromatic heterocycles. The van der Waals surface area contributed by atoms with Crippen LogP contribution in [0.5, 0.6) is 0 Å². The Bertz CT molecular complexity index is 978. The van der Waals surface area contributed by atoms with Crippen LogP contribution in [-0.2, 0) is 11.2 Å². The van der Waals surface area contributed by atoms with Gasteiger partial charge in [0.25, 0.3) is 5.91 Å². The number of nitrogens with two attached hydrogens (primary N) is 1. The van der Waals surface area contributed by atoms with Gasteiger partial charge < -0.3 is 11.1 Å². The Balaban J connectivity index is 1.88. The van der Waals surface area contributed by atoms with E-state index in [9.17, 15) is 9.59 Å². The summed E-state index contributed by atoms with van der Waals surface area (Å²) in [6, 6.07) is 18.7. The molecule has 0 spiro atoms. The number of benzene rings is 2. The molecule has 3 aromatic rings. The van der Waals surface area contributed by atoms with E-state index in [0.29, 0.717) is 15.7 Å². The molecule has 0 aliphatic rings. The number of anilines is 1. The largest absolute Gasteiger partial charge is 0.387 e. The maximum atomic E-state index is 12.4. The summed E-state index contributed by atoms with van der Waals surface area (Å²) in [4.78, 5) is 33.3. The SMILES string of the molecule is CC(N)=NC(=O)c1sc(NC(=O)Cc2ccccc2)nc1-c1ccccc1. The monoisotopic (exact) mass is 378 g/mol. The van der Waals surface area contributed by atoms with Crippen LogP contribution in [0.1, 0.15) is 22.2 Å². The molecular formula is C20H18N4O2S. The van der Waals surface area contributed by atoms with Crippen molar-refractivity contribution in [2.45, 2.75) is 13.3 Å². The van der Waals surface area contributed by atoms with Crippen LogP contribution in [0.25, 0.3) is 11.3 Å². The van der Waals surface area contributed by atoms with Gasteiger partial charge in [-0.3, -0.25) is 9.59 Å². The number of carbonyl (C=O) groups excluding carboxylic acids is 2. The van der Waals surface area contributed by atoms with Crippen LogP contribution in [-0.4, -0.2) is 22.6 Å². The molecule has 0 unspecified atom stereocenters. The van der Waals surface area contributed by atoms with E-state index < -0.39 is 5.91 Å². The Kier molecular flexibility index (Phi) is 5.73. The van der Waals surface area contributed by atoms with Crippen molar-refractivity contribution in [3.8, 4) is 11.3 Å². The Labute approximate surface area is 160 Å². The van der Waals surface area contributed by atoms with E-state index in [4.69, 9.17) is 5.73 Å². The van der Waals surface area contributed by atoms with Crippen LogP contribution in [0.2, 0.25) is 0 Å². The molecule has 0 atom stereocenters. The van der Waals surface area contributed by atoms with Crippen molar-refractivity contribution in [1.29, 1.82) is 0 Å². The summed E-state index contributed by atoms with van der Waals surface area (Å²) in [6.45, 7) is 1.55. The third-order valence-electron chi connectivity index (χ3n) is 3.60. The van der Waals surface area contributed by atoms with E-state index >= 15 is 0 Å². The number of hydrogen-bond donors (Lipinski definition) is 2. The third kappa shape index (κ3) is 4.86. The summed E-state index contributed by atoms with van der Waals surface area (Å²) in [6.07, 6.45) is 0.227. The van der Waals surface area contributed by atoms with Gasteiger partial charge in [0.05, 0.1) is 12.1 Å². The average molecular weight is 378 g/mol. The second-order valence-corrected chi connectivity index (χ2v) is 6.83. The minimum absolute atomic E-state index is 0.169. The molecule has 0 saturated carbocycles. The van der Waals surface area contributed by atoms with E-state index in [-0.39, 0.29) is 18.2 Å². The normalized spacial score (nSPS) is 11.2. The van der Waals surface area contributed by atoms with Crippen molar-refractivity contribution >= 4 is 34.1 Å². The van der Waals surface area contributed by atoms with Crippen LogP contribution < -0.4 is 11.1 Å². The number of rotatable bonds is 5. The lowest BCUT2D eigenvalue weighted by Gasteiger charge is -2.01. The summed E-state index contributed by atoms with van der Waals surface area (Å²) < 4.78 is 0. The van der Waals surface area contributed by atoms with Gasteiger partial charge in [0.1, 0.15) is 10.7 Å². The first kappa shape index (κ1) is 18.5. The average Bonchev–Trinajstić information content (AvgIpc) is 3.06. The molecule has 7 heteroatoms. The highest BCUT2D eigenvalue weighted by atomic mass is 32.1. The van der Waals surface area contributed by atoms with Crippen LogP contribution in [0, 0.1) is 0 Å². The zero-order chi connectivity index (χ0) is 19.2. The van der Waals surface area contributed by atoms with Gasteiger partial charge in [0.15, 0.2) is 5.13 Å². The fraction of sp³-hybridized carbons (Fsp3) is 0.100. The first-order valence-corrected chi connectivity index (χ1v) is 9.09. The molecule has 0 fully saturated rings. The Morgan fingerprint density at radius 2 is 1.70 bits per heavy atom. The van der Waals surface area contributed by atoms with Crippen LogP contribution in [0.15, 0.2) is 65.7 Å². The molecule has 3 rings (SSSR count). The number of amidine groups is 1. The first-order chi connectivity index (χ1) is 13.0. The van der Waals surface area contributed by atoms with Crippen molar-refractivity contribution in [3.63, 3.8) is 0 Å². The molecule has 2 amide bonds. The third-order valence-corrected chi connectivity index (χ3v) is 4.56. The maximum absolute atomic E-state index is 12.4. The van der Waals surface area contributed by atoms with E-state index in [0.717, 1.165) is 22.5 Å². The van der Waals surface area contributed by atoms with E-state index in [1.807, 2.05) is 60.7 Å². The standard InChI is InChI=1S/C20H18N4O2S/c1-13(21)22-19(26)18-17(15-10-6-3-7-11-15)24-20(27-18)23-16(25)12-14-8-4-2-5-9-14/h2-11H,12H2,1H3,(H2,21,22,26)(H,23,24,25). The number of hydrogen-bond acceptors (Lipinski definition) is 4. The zero-order valence-corrected chi connectivity index (χ0v) is 15.5. The highest BCUT2D eigenvalue weighted by Crippen LogP contribution is 2.31. The molecule has 0 saturated heterocycles. The van der Waals surface area contributed by atoms with Crippen LogP contribution >= 0.6 is 11.3 Å². The molecule has 27 heavy (non-hydrogen) atoms. The lowest BCUT2D eigenvalue weighted by molar-refractivity contribution is -0.115. The number of aliphatic imine (C=N–C) groups is 1. The summed E-state index contributed by atoms with van der Waals surface area (Å²) in [5.41, 5.74) is 7.68. The smallest absolute Gasteiger partial charge is 0.291 e. The molecule has 1 heterocycles. The predicted octanol–water partition coefficient (Wildman–Crippen LogP) is 3.51. The van der Waals surface area contributed by atoms with Gasteiger partial charge in [0.2, 0.25) is 5.91 Å². The number of carbonyl (C=O) groups is 2. The second kappa shape index (κ2) is 8.37. The molecule has 3 N–H and O–H groups in total. The first-order valence-electron chi connectivity index (χ1n) is 8.28. The Morgan fingerprint density at radius 3 is 2.33 bits per heavy atom. The number of nitrogens with one attached hydrogen (secondary N) is 1.